The molecular weight excluding hydrogens is 244 g/mol. The predicted molar refractivity (Wildman–Crippen MR) is 77.1 cm³/mol. The van der Waals surface area contributed by atoms with Gasteiger partial charge in [-0.05, 0) is 49.3 Å². The average Bonchev–Trinajstić information content (AvgIpc) is 2.86. The van der Waals surface area contributed by atoms with E-state index in [1.807, 2.05) is 0 Å². The molecule has 0 aromatic heterocycles. The van der Waals surface area contributed by atoms with Crippen LogP contribution >= 0.6 is 11.6 Å². The van der Waals surface area contributed by atoms with Crippen molar-refractivity contribution in [2.75, 3.05) is 11.4 Å². The lowest BCUT2D eigenvalue weighted by atomic mass is 9.91. The summed E-state index contributed by atoms with van der Waals surface area (Å²) in [4.78, 5) is 2.58. The zero-order valence-corrected chi connectivity index (χ0v) is 11.5. The second kappa shape index (κ2) is 5.10. The van der Waals surface area contributed by atoms with E-state index in [2.05, 4.69) is 23.1 Å². The fourth-order valence-electron chi connectivity index (χ4n) is 3.65. The lowest BCUT2D eigenvalue weighted by Crippen LogP contribution is -2.42. The van der Waals surface area contributed by atoms with E-state index in [1.165, 1.54) is 44.3 Å². The van der Waals surface area contributed by atoms with E-state index >= 15 is 0 Å². The lowest BCUT2D eigenvalue weighted by Gasteiger charge is -2.39. The summed E-state index contributed by atoms with van der Waals surface area (Å²) in [6, 6.07) is 7.12. The number of halogens is 1. The van der Waals surface area contributed by atoms with Crippen molar-refractivity contribution in [3.05, 3.63) is 28.8 Å². The minimum atomic E-state index is 0.519. The van der Waals surface area contributed by atoms with Crippen LogP contribution in [-0.4, -0.2) is 12.6 Å². The topological polar surface area (TPSA) is 29.3 Å². The second-order valence-corrected chi connectivity index (χ2v) is 5.98. The van der Waals surface area contributed by atoms with Crippen molar-refractivity contribution < 1.29 is 0 Å². The Kier molecular flexibility index (Phi) is 3.49. The van der Waals surface area contributed by atoms with E-state index in [9.17, 15) is 0 Å². The molecule has 2 unspecified atom stereocenters. The molecule has 1 saturated carbocycles. The molecule has 2 atom stereocenters. The molecular formula is C15H21ClN2. The monoisotopic (exact) mass is 264 g/mol. The third-order valence-electron chi connectivity index (χ3n) is 4.58. The van der Waals surface area contributed by atoms with Crippen LogP contribution in [0.1, 0.15) is 37.7 Å². The summed E-state index contributed by atoms with van der Waals surface area (Å²) in [6.07, 6.45) is 6.88. The van der Waals surface area contributed by atoms with Gasteiger partial charge in [0.1, 0.15) is 0 Å². The maximum Gasteiger partial charge on any atom is 0.0471 e. The third kappa shape index (κ3) is 2.12. The van der Waals surface area contributed by atoms with E-state index in [1.54, 1.807) is 0 Å². The van der Waals surface area contributed by atoms with Crippen LogP contribution in [0, 0.1) is 5.92 Å². The molecule has 1 aromatic rings. The summed E-state index contributed by atoms with van der Waals surface area (Å²) >= 11 is 6.28. The molecule has 2 nitrogen and oxygen atoms in total. The highest BCUT2D eigenvalue weighted by molar-refractivity contribution is 6.31. The van der Waals surface area contributed by atoms with Gasteiger partial charge in [0, 0.05) is 29.8 Å². The van der Waals surface area contributed by atoms with Crippen LogP contribution in [0.25, 0.3) is 0 Å². The van der Waals surface area contributed by atoms with Crippen molar-refractivity contribution in [1.82, 2.24) is 0 Å². The highest BCUT2D eigenvalue weighted by atomic mass is 35.5. The Balaban J connectivity index is 1.87. The van der Waals surface area contributed by atoms with Crippen LogP contribution in [0.15, 0.2) is 18.2 Å². The van der Waals surface area contributed by atoms with Gasteiger partial charge in [0.2, 0.25) is 0 Å². The van der Waals surface area contributed by atoms with E-state index in [4.69, 9.17) is 17.3 Å². The first-order valence-corrected chi connectivity index (χ1v) is 7.42. The van der Waals surface area contributed by atoms with Crippen LogP contribution in [0.3, 0.4) is 0 Å². The number of nitrogens with zero attached hydrogens (tertiary/aromatic N) is 1. The number of hydrogen-bond donors (Lipinski definition) is 1. The van der Waals surface area contributed by atoms with Crippen LogP contribution in [0.2, 0.25) is 5.02 Å². The molecule has 3 rings (SSSR count). The standard InChI is InChI=1S/C15H21ClN2/c16-14-9-13(7-6-12(14)10-17)18-8-2-4-11-3-1-5-15(11)18/h6-7,9,11,15H,1-5,8,10,17H2. The molecule has 98 valence electrons. The van der Waals surface area contributed by atoms with Gasteiger partial charge in [-0.3, -0.25) is 0 Å². The molecule has 0 radical (unpaired) electrons. The Labute approximate surface area is 114 Å². The molecule has 1 saturated heterocycles. The molecule has 0 spiro atoms. The normalized spacial score (nSPS) is 27.3. The smallest absolute Gasteiger partial charge is 0.0471 e. The molecule has 2 N–H and O–H groups in total. The summed E-state index contributed by atoms with van der Waals surface area (Å²) in [7, 11) is 0. The van der Waals surface area contributed by atoms with Crippen LogP contribution < -0.4 is 10.6 Å². The van der Waals surface area contributed by atoms with Crippen molar-refractivity contribution in [1.29, 1.82) is 0 Å². The first-order chi connectivity index (χ1) is 8.79. The molecule has 1 heterocycles. The van der Waals surface area contributed by atoms with Crippen molar-refractivity contribution >= 4 is 17.3 Å². The van der Waals surface area contributed by atoms with E-state index in [0.29, 0.717) is 6.54 Å². The number of nitrogens with two attached hydrogens (primary N) is 1. The van der Waals surface area contributed by atoms with E-state index in [0.717, 1.165) is 22.5 Å². The molecule has 1 aromatic carbocycles. The molecule has 0 amide bonds. The molecule has 1 aliphatic heterocycles. The van der Waals surface area contributed by atoms with Gasteiger partial charge in [-0.2, -0.15) is 0 Å². The summed E-state index contributed by atoms with van der Waals surface area (Å²) in [5, 5.41) is 0.815. The van der Waals surface area contributed by atoms with Gasteiger partial charge in [0.15, 0.2) is 0 Å². The van der Waals surface area contributed by atoms with Gasteiger partial charge in [0.25, 0.3) is 0 Å². The van der Waals surface area contributed by atoms with Crippen LogP contribution in [0.4, 0.5) is 5.69 Å². The highest BCUT2D eigenvalue weighted by Crippen LogP contribution is 2.39. The maximum atomic E-state index is 6.28. The summed E-state index contributed by atoms with van der Waals surface area (Å²) < 4.78 is 0. The molecule has 0 bridgehead atoms. The predicted octanol–water partition coefficient (Wildman–Crippen LogP) is 3.57. The first kappa shape index (κ1) is 12.3. The van der Waals surface area contributed by atoms with Crippen molar-refractivity contribution in [2.24, 2.45) is 11.7 Å². The zero-order chi connectivity index (χ0) is 12.5. The van der Waals surface area contributed by atoms with Crippen LogP contribution in [0.5, 0.6) is 0 Å². The zero-order valence-electron chi connectivity index (χ0n) is 10.7. The van der Waals surface area contributed by atoms with Gasteiger partial charge in [-0.15, -0.1) is 0 Å². The molecule has 3 heteroatoms. The third-order valence-corrected chi connectivity index (χ3v) is 4.93. The Bertz CT molecular complexity index is 433. The fraction of sp³-hybridized carbons (Fsp3) is 0.600. The summed E-state index contributed by atoms with van der Waals surface area (Å²) in [6.45, 7) is 1.70. The highest BCUT2D eigenvalue weighted by Gasteiger charge is 2.35. The lowest BCUT2D eigenvalue weighted by molar-refractivity contribution is 0.362. The maximum absolute atomic E-state index is 6.28. The second-order valence-electron chi connectivity index (χ2n) is 5.57. The largest absolute Gasteiger partial charge is 0.368 e. The van der Waals surface area contributed by atoms with Gasteiger partial charge in [-0.25, -0.2) is 0 Å². The average molecular weight is 265 g/mol. The van der Waals surface area contributed by atoms with Crippen molar-refractivity contribution in [3.63, 3.8) is 0 Å². The number of rotatable bonds is 2. The van der Waals surface area contributed by atoms with E-state index < -0.39 is 0 Å². The first-order valence-electron chi connectivity index (χ1n) is 7.04. The van der Waals surface area contributed by atoms with Gasteiger partial charge < -0.3 is 10.6 Å². The number of piperidine rings is 1. The number of hydrogen-bond acceptors (Lipinski definition) is 2. The summed E-state index contributed by atoms with van der Waals surface area (Å²) in [5.74, 6) is 0.909. The van der Waals surface area contributed by atoms with Gasteiger partial charge in [-0.1, -0.05) is 24.1 Å². The van der Waals surface area contributed by atoms with Crippen LogP contribution in [-0.2, 0) is 6.54 Å². The Morgan fingerprint density at radius 1 is 1.22 bits per heavy atom. The minimum Gasteiger partial charge on any atom is -0.368 e. The number of fused-ring (bicyclic) bond motifs is 1. The Morgan fingerprint density at radius 2 is 2.06 bits per heavy atom. The molecule has 1 aliphatic carbocycles. The summed E-state index contributed by atoms with van der Waals surface area (Å²) in [5.41, 5.74) is 7.99. The Morgan fingerprint density at radius 3 is 2.83 bits per heavy atom. The van der Waals surface area contributed by atoms with Crippen molar-refractivity contribution in [2.45, 2.75) is 44.7 Å². The number of anilines is 1. The quantitative estimate of drug-likeness (QED) is 0.885. The van der Waals surface area contributed by atoms with E-state index in [-0.39, 0.29) is 0 Å². The van der Waals surface area contributed by atoms with Gasteiger partial charge >= 0.3 is 0 Å². The SMILES string of the molecule is NCc1ccc(N2CCCC3CCCC32)cc1Cl. The molecule has 18 heavy (non-hydrogen) atoms. The number of benzene rings is 1. The van der Waals surface area contributed by atoms with Crippen molar-refractivity contribution in [3.8, 4) is 0 Å². The Hall–Kier alpha value is -0.730. The molecule has 2 fully saturated rings. The van der Waals surface area contributed by atoms with Gasteiger partial charge in [0.05, 0.1) is 0 Å². The fourth-order valence-corrected chi connectivity index (χ4v) is 3.91. The molecule has 2 aliphatic rings. The minimum absolute atomic E-state index is 0.519.